The van der Waals surface area contributed by atoms with Crippen LogP contribution in [0.3, 0.4) is 0 Å². The van der Waals surface area contributed by atoms with Crippen LogP contribution in [0.25, 0.3) is 5.69 Å². The molecule has 0 atom stereocenters. The number of halogens is 1. The minimum atomic E-state index is -0.403. The van der Waals surface area contributed by atoms with Crippen molar-refractivity contribution < 1.29 is 14.0 Å². The first-order valence-corrected chi connectivity index (χ1v) is 10.5. The van der Waals surface area contributed by atoms with Gasteiger partial charge in [0, 0.05) is 26.1 Å². The molecule has 0 saturated heterocycles. The van der Waals surface area contributed by atoms with E-state index in [1.165, 1.54) is 28.1 Å². The second-order valence-corrected chi connectivity index (χ2v) is 7.70. The van der Waals surface area contributed by atoms with Gasteiger partial charge >= 0.3 is 0 Å². The third-order valence-corrected chi connectivity index (χ3v) is 5.67. The normalized spacial score (nSPS) is 13.0. The third-order valence-electron chi connectivity index (χ3n) is 5.67. The Morgan fingerprint density at radius 1 is 1.10 bits per heavy atom. The first-order valence-electron chi connectivity index (χ1n) is 10.5. The van der Waals surface area contributed by atoms with Crippen LogP contribution in [0.2, 0.25) is 0 Å². The van der Waals surface area contributed by atoms with Crippen LogP contribution in [0.5, 0.6) is 0 Å². The van der Waals surface area contributed by atoms with Gasteiger partial charge in [-0.3, -0.25) is 9.59 Å². The molecule has 0 fully saturated rings. The topological polar surface area (TPSA) is 67.2 Å². The number of aromatic nitrogens is 2. The number of fused-ring (bicyclic) bond motifs is 1. The largest absolute Gasteiger partial charge is 0.352 e. The van der Waals surface area contributed by atoms with Crippen molar-refractivity contribution >= 4 is 11.8 Å². The molecule has 1 aliphatic rings. The van der Waals surface area contributed by atoms with Crippen LogP contribution in [-0.2, 0) is 17.8 Å². The number of nitrogens with one attached hydrogen (secondary N) is 1. The number of rotatable bonds is 6. The minimum absolute atomic E-state index is 0.104. The predicted molar refractivity (Wildman–Crippen MR) is 115 cm³/mol. The molecule has 31 heavy (non-hydrogen) atoms. The number of carbonyl (C=O) groups excluding carboxylic acids is 2. The molecule has 7 heteroatoms. The van der Waals surface area contributed by atoms with Crippen LogP contribution in [0.1, 0.15) is 40.0 Å². The molecule has 0 radical (unpaired) electrons. The Hall–Kier alpha value is -3.48. The Balaban J connectivity index is 1.27. The van der Waals surface area contributed by atoms with Crippen molar-refractivity contribution in [2.24, 2.45) is 0 Å². The van der Waals surface area contributed by atoms with Gasteiger partial charge in [0.25, 0.3) is 5.91 Å². The third kappa shape index (κ3) is 4.50. The van der Waals surface area contributed by atoms with Crippen LogP contribution in [-0.4, -0.2) is 39.6 Å². The van der Waals surface area contributed by atoms with Gasteiger partial charge in [-0.15, -0.1) is 0 Å². The average Bonchev–Trinajstić information content (AvgIpc) is 3.17. The Labute approximate surface area is 180 Å². The lowest BCUT2D eigenvalue weighted by Gasteiger charge is -2.29. The summed E-state index contributed by atoms with van der Waals surface area (Å²) < 4.78 is 15.4. The van der Waals surface area contributed by atoms with Gasteiger partial charge in [0.2, 0.25) is 5.91 Å². The van der Waals surface area contributed by atoms with Gasteiger partial charge in [0.05, 0.1) is 17.5 Å². The van der Waals surface area contributed by atoms with E-state index in [9.17, 15) is 14.0 Å². The quantitative estimate of drug-likeness (QED) is 0.622. The molecule has 2 heterocycles. The molecule has 0 bridgehead atoms. The molecule has 3 aromatic rings. The molecule has 0 aliphatic carbocycles. The van der Waals surface area contributed by atoms with E-state index in [4.69, 9.17) is 0 Å². The summed E-state index contributed by atoms with van der Waals surface area (Å²) in [7, 11) is 0. The van der Waals surface area contributed by atoms with E-state index in [0.29, 0.717) is 42.9 Å². The van der Waals surface area contributed by atoms with Crippen LogP contribution in [0.4, 0.5) is 4.39 Å². The maximum Gasteiger partial charge on any atom is 0.254 e. The van der Waals surface area contributed by atoms with E-state index >= 15 is 0 Å². The average molecular weight is 420 g/mol. The lowest BCUT2D eigenvalue weighted by molar-refractivity contribution is -0.132. The van der Waals surface area contributed by atoms with E-state index < -0.39 is 5.82 Å². The highest BCUT2D eigenvalue weighted by atomic mass is 19.1. The molecule has 160 valence electrons. The van der Waals surface area contributed by atoms with Gasteiger partial charge < -0.3 is 10.2 Å². The summed E-state index contributed by atoms with van der Waals surface area (Å²) in [6.45, 7) is 3.50. The monoisotopic (exact) mass is 420 g/mol. The molecule has 1 aromatic heterocycles. The maximum absolute atomic E-state index is 14.0. The van der Waals surface area contributed by atoms with E-state index in [2.05, 4.69) is 22.5 Å². The summed E-state index contributed by atoms with van der Waals surface area (Å²) in [5.74, 6) is -0.578. The van der Waals surface area contributed by atoms with Crippen LogP contribution >= 0.6 is 0 Å². The van der Waals surface area contributed by atoms with Crippen molar-refractivity contribution in [2.75, 3.05) is 13.1 Å². The smallest absolute Gasteiger partial charge is 0.254 e. The SMILES string of the molecule is Cc1c(C(=O)NCCCC(=O)N2CCc3ccccc3C2)cnn1-c1ccccc1F. The van der Waals surface area contributed by atoms with Gasteiger partial charge in [-0.2, -0.15) is 5.10 Å². The fourth-order valence-electron chi connectivity index (χ4n) is 3.90. The number of hydrogen-bond donors (Lipinski definition) is 1. The zero-order chi connectivity index (χ0) is 21.8. The van der Waals surface area contributed by atoms with Gasteiger partial charge in [0.1, 0.15) is 11.5 Å². The number of hydrogen-bond acceptors (Lipinski definition) is 3. The number of para-hydroxylation sites is 1. The van der Waals surface area contributed by atoms with E-state index in [-0.39, 0.29) is 11.8 Å². The van der Waals surface area contributed by atoms with Crippen molar-refractivity contribution in [1.82, 2.24) is 20.0 Å². The summed E-state index contributed by atoms with van der Waals surface area (Å²) in [5, 5.41) is 7.00. The first-order chi connectivity index (χ1) is 15.0. The Morgan fingerprint density at radius 3 is 2.65 bits per heavy atom. The number of amides is 2. The van der Waals surface area contributed by atoms with Crippen LogP contribution < -0.4 is 5.32 Å². The molecule has 4 rings (SSSR count). The Bertz CT molecular complexity index is 1110. The fourth-order valence-corrected chi connectivity index (χ4v) is 3.90. The number of benzene rings is 2. The van der Waals surface area contributed by atoms with Crippen LogP contribution in [0, 0.1) is 12.7 Å². The number of carbonyl (C=O) groups is 2. The van der Waals surface area contributed by atoms with Crippen molar-refractivity contribution in [3.8, 4) is 5.69 Å². The van der Waals surface area contributed by atoms with Gasteiger partial charge in [0.15, 0.2) is 0 Å². The maximum atomic E-state index is 14.0. The molecule has 0 unspecified atom stereocenters. The second-order valence-electron chi connectivity index (χ2n) is 7.70. The lowest BCUT2D eigenvalue weighted by Crippen LogP contribution is -2.36. The summed E-state index contributed by atoms with van der Waals surface area (Å²) in [6, 6.07) is 14.5. The molecule has 6 nitrogen and oxygen atoms in total. The van der Waals surface area contributed by atoms with E-state index in [0.717, 1.165) is 13.0 Å². The highest BCUT2D eigenvalue weighted by Crippen LogP contribution is 2.19. The fraction of sp³-hybridized carbons (Fsp3) is 0.292. The Kier molecular flexibility index (Phi) is 6.11. The Morgan fingerprint density at radius 2 is 1.84 bits per heavy atom. The van der Waals surface area contributed by atoms with Gasteiger partial charge in [-0.25, -0.2) is 9.07 Å². The predicted octanol–water partition coefficient (Wildman–Crippen LogP) is 3.41. The van der Waals surface area contributed by atoms with Crippen molar-refractivity contribution in [2.45, 2.75) is 32.7 Å². The molecule has 0 spiro atoms. The molecule has 1 N–H and O–H groups in total. The van der Waals surface area contributed by atoms with E-state index in [1.54, 1.807) is 25.1 Å². The van der Waals surface area contributed by atoms with E-state index in [1.807, 2.05) is 17.0 Å². The van der Waals surface area contributed by atoms with Crippen molar-refractivity contribution in [1.29, 1.82) is 0 Å². The summed E-state index contributed by atoms with van der Waals surface area (Å²) >= 11 is 0. The minimum Gasteiger partial charge on any atom is -0.352 e. The highest BCUT2D eigenvalue weighted by Gasteiger charge is 2.20. The molecule has 2 aromatic carbocycles. The van der Waals surface area contributed by atoms with Crippen molar-refractivity contribution in [3.63, 3.8) is 0 Å². The zero-order valence-electron chi connectivity index (χ0n) is 17.5. The summed E-state index contributed by atoms with van der Waals surface area (Å²) in [4.78, 5) is 26.9. The lowest BCUT2D eigenvalue weighted by atomic mass is 9.99. The van der Waals surface area contributed by atoms with Gasteiger partial charge in [-0.05, 0) is 43.0 Å². The van der Waals surface area contributed by atoms with Crippen molar-refractivity contribution in [3.05, 3.63) is 82.9 Å². The summed E-state index contributed by atoms with van der Waals surface area (Å²) in [6.07, 6.45) is 3.26. The zero-order valence-corrected chi connectivity index (χ0v) is 17.5. The van der Waals surface area contributed by atoms with Crippen LogP contribution in [0.15, 0.2) is 54.7 Å². The number of nitrogens with zero attached hydrogens (tertiary/aromatic N) is 3. The molecular formula is C24H25FN4O2. The second kappa shape index (κ2) is 9.12. The summed E-state index contributed by atoms with van der Waals surface area (Å²) in [5.41, 5.74) is 3.77. The van der Waals surface area contributed by atoms with Gasteiger partial charge in [-0.1, -0.05) is 36.4 Å². The standard InChI is InChI=1S/C24H25FN4O2/c1-17-20(15-27-29(17)22-10-5-4-9-21(22)25)24(31)26-13-6-11-23(30)28-14-12-18-7-2-3-8-19(18)16-28/h2-5,7-10,15H,6,11-14,16H2,1H3,(H,26,31). The molecular weight excluding hydrogens is 395 g/mol. The first kappa shape index (κ1) is 20.8. The molecule has 1 aliphatic heterocycles. The molecule has 2 amide bonds. The highest BCUT2D eigenvalue weighted by molar-refractivity contribution is 5.95. The molecule has 0 saturated carbocycles.